The largest absolute Gasteiger partial charge is 0.361 e. The Bertz CT molecular complexity index is 912. The lowest BCUT2D eigenvalue weighted by molar-refractivity contribution is 0.449. The third kappa shape index (κ3) is 5.03. The molecule has 0 amide bonds. The van der Waals surface area contributed by atoms with Crippen molar-refractivity contribution in [2.45, 2.75) is 33.2 Å². The van der Waals surface area contributed by atoms with Gasteiger partial charge in [0.1, 0.15) is 12.2 Å². The van der Waals surface area contributed by atoms with E-state index >= 15 is 0 Å². The zero-order chi connectivity index (χ0) is 19.2. The summed E-state index contributed by atoms with van der Waals surface area (Å²) in [5.41, 5.74) is 3.93. The summed E-state index contributed by atoms with van der Waals surface area (Å²) in [4.78, 5) is 14.6. The number of nitrogens with one attached hydrogen (secondary N) is 2. The Morgan fingerprint density at radius 1 is 1.29 bits per heavy atom. The van der Waals surface area contributed by atoms with E-state index < -0.39 is 0 Å². The molecule has 0 unspecified atom stereocenters. The van der Waals surface area contributed by atoms with Crippen molar-refractivity contribution in [1.82, 2.24) is 30.0 Å². The minimum atomic E-state index is 0. The van der Waals surface area contributed by atoms with Gasteiger partial charge >= 0.3 is 0 Å². The average Bonchev–Trinajstić information content (AvgIpc) is 3.27. The van der Waals surface area contributed by atoms with Crippen LogP contribution in [0.1, 0.15) is 30.8 Å². The van der Waals surface area contributed by atoms with Gasteiger partial charge in [-0.3, -0.25) is 9.67 Å². The van der Waals surface area contributed by atoms with Crippen LogP contribution in [-0.2, 0) is 26.4 Å². The van der Waals surface area contributed by atoms with Crippen LogP contribution in [0.2, 0.25) is 0 Å². The van der Waals surface area contributed by atoms with Gasteiger partial charge in [0.25, 0.3) is 0 Å². The molecule has 3 rings (SSSR count). The normalized spacial score (nSPS) is 11.5. The van der Waals surface area contributed by atoms with Crippen LogP contribution in [-0.4, -0.2) is 50.7 Å². The molecule has 8 heteroatoms. The van der Waals surface area contributed by atoms with Gasteiger partial charge in [-0.2, -0.15) is 5.10 Å². The number of aromatic amines is 1. The van der Waals surface area contributed by atoms with Gasteiger partial charge in [0.2, 0.25) is 0 Å². The zero-order valence-electron chi connectivity index (χ0n) is 17.1. The van der Waals surface area contributed by atoms with Gasteiger partial charge < -0.3 is 15.2 Å². The highest BCUT2D eigenvalue weighted by atomic mass is 127. The van der Waals surface area contributed by atoms with E-state index in [1.165, 1.54) is 22.0 Å². The number of aromatic nitrogens is 4. The average molecular weight is 495 g/mol. The molecule has 0 spiro atoms. The number of rotatable bonds is 7. The molecule has 2 heterocycles. The van der Waals surface area contributed by atoms with Crippen LogP contribution >= 0.6 is 24.0 Å². The standard InChI is InChI=1S/C20H29N7.HI/c1-5-15-8-7-9-17-16(12-23-19(15)17)10-11-22-20(21-6-2)26(3)13-18-24-14-25-27(18)4;/h7-9,12,14,23H,5-6,10-11,13H2,1-4H3,(H,21,22);1H. The summed E-state index contributed by atoms with van der Waals surface area (Å²) in [5.74, 6) is 1.79. The van der Waals surface area contributed by atoms with E-state index in [1.54, 1.807) is 11.0 Å². The van der Waals surface area contributed by atoms with Gasteiger partial charge in [0.15, 0.2) is 5.96 Å². The predicted molar refractivity (Wildman–Crippen MR) is 125 cm³/mol. The highest BCUT2D eigenvalue weighted by Crippen LogP contribution is 2.22. The second-order valence-electron chi connectivity index (χ2n) is 6.65. The number of benzene rings is 1. The summed E-state index contributed by atoms with van der Waals surface area (Å²) in [7, 11) is 3.93. The second kappa shape index (κ2) is 10.4. The highest BCUT2D eigenvalue weighted by molar-refractivity contribution is 14.0. The molecule has 0 fully saturated rings. The minimum absolute atomic E-state index is 0. The first-order chi connectivity index (χ1) is 13.1. The summed E-state index contributed by atoms with van der Waals surface area (Å²) < 4.78 is 1.79. The molecule has 3 aromatic rings. The van der Waals surface area contributed by atoms with Gasteiger partial charge in [0, 0.05) is 44.3 Å². The summed E-state index contributed by atoms with van der Waals surface area (Å²) >= 11 is 0. The van der Waals surface area contributed by atoms with Crippen LogP contribution in [0.4, 0.5) is 0 Å². The van der Waals surface area contributed by atoms with Crippen molar-refractivity contribution in [3.05, 3.63) is 47.7 Å². The SMILES string of the molecule is CCNC(=NCCc1c[nH]c2c(CC)cccc12)N(C)Cc1ncnn1C.I. The van der Waals surface area contributed by atoms with Crippen molar-refractivity contribution in [2.75, 3.05) is 20.1 Å². The summed E-state index contributed by atoms with van der Waals surface area (Å²) in [5, 5.41) is 8.80. The first-order valence-corrected chi connectivity index (χ1v) is 9.54. The molecule has 0 atom stereocenters. The molecule has 0 aliphatic carbocycles. The molecule has 1 aromatic carbocycles. The van der Waals surface area contributed by atoms with Crippen molar-refractivity contribution in [1.29, 1.82) is 0 Å². The van der Waals surface area contributed by atoms with Crippen LogP contribution < -0.4 is 5.32 Å². The van der Waals surface area contributed by atoms with Gasteiger partial charge in [-0.15, -0.1) is 24.0 Å². The van der Waals surface area contributed by atoms with Gasteiger partial charge in [-0.05, 0) is 30.9 Å². The van der Waals surface area contributed by atoms with Crippen molar-refractivity contribution < 1.29 is 0 Å². The van der Waals surface area contributed by atoms with Crippen LogP contribution in [0.3, 0.4) is 0 Å². The van der Waals surface area contributed by atoms with Crippen LogP contribution in [0.15, 0.2) is 35.7 Å². The Labute approximate surface area is 183 Å². The van der Waals surface area contributed by atoms with E-state index in [0.717, 1.165) is 37.7 Å². The Hall–Kier alpha value is -2.10. The van der Waals surface area contributed by atoms with Crippen molar-refractivity contribution in [2.24, 2.45) is 12.0 Å². The van der Waals surface area contributed by atoms with Crippen LogP contribution in [0.25, 0.3) is 10.9 Å². The van der Waals surface area contributed by atoms with E-state index in [0.29, 0.717) is 6.54 Å². The maximum atomic E-state index is 4.81. The second-order valence-corrected chi connectivity index (χ2v) is 6.65. The number of para-hydroxylation sites is 1. The van der Waals surface area contributed by atoms with Crippen molar-refractivity contribution in [3.8, 4) is 0 Å². The molecule has 28 heavy (non-hydrogen) atoms. The highest BCUT2D eigenvalue weighted by Gasteiger charge is 2.10. The number of halogens is 1. The number of fused-ring (bicyclic) bond motifs is 1. The molecular formula is C20H30IN7. The Morgan fingerprint density at radius 2 is 2.11 bits per heavy atom. The lowest BCUT2D eigenvalue weighted by Gasteiger charge is -2.21. The predicted octanol–water partition coefficient (Wildman–Crippen LogP) is 3.12. The number of aryl methyl sites for hydroxylation is 2. The Balaban J connectivity index is 0.00000280. The van der Waals surface area contributed by atoms with E-state index in [4.69, 9.17) is 4.99 Å². The molecule has 0 saturated heterocycles. The lowest BCUT2D eigenvalue weighted by Crippen LogP contribution is -2.39. The first kappa shape index (κ1) is 22.2. The zero-order valence-corrected chi connectivity index (χ0v) is 19.4. The lowest BCUT2D eigenvalue weighted by atomic mass is 10.1. The van der Waals surface area contributed by atoms with Gasteiger partial charge in [0.05, 0.1) is 6.54 Å². The maximum absolute atomic E-state index is 4.81. The molecule has 0 bridgehead atoms. The van der Waals surface area contributed by atoms with E-state index in [9.17, 15) is 0 Å². The van der Waals surface area contributed by atoms with E-state index in [1.807, 2.05) is 14.1 Å². The Morgan fingerprint density at radius 3 is 2.79 bits per heavy atom. The monoisotopic (exact) mass is 495 g/mol. The maximum Gasteiger partial charge on any atom is 0.194 e. The molecule has 0 aliphatic rings. The summed E-state index contributed by atoms with van der Waals surface area (Å²) in [6.07, 6.45) is 5.64. The van der Waals surface area contributed by atoms with Crippen LogP contribution in [0, 0.1) is 0 Å². The Kier molecular flexibility index (Phi) is 8.28. The smallest absolute Gasteiger partial charge is 0.194 e. The van der Waals surface area contributed by atoms with Gasteiger partial charge in [-0.25, -0.2) is 4.98 Å². The van der Waals surface area contributed by atoms with E-state index in [2.05, 4.69) is 63.5 Å². The fourth-order valence-electron chi connectivity index (χ4n) is 3.28. The summed E-state index contributed by atoms with van der Waals surface area (Å²) in [6, 6.07) is 6.52. The number of guanidine groups is 1. The topological polar surface area (TPSA) is 74.1 Å². The molecular weight excluding hydrogens is 465 g/mol. The quantitative estimate of drug-likeness (QED) is 0.300. The molecule has 0 aliphatic heterocycles. The van der Waals surface area contributed by atoms with Crippen molar-refractivity contribution >= 4 is 40.8 Å². The number of H-pyrrole nitrogens is 1. The fraction of sp³-hybridized carbons (Fsp3) is 0.450. The van der Waals surface area contributed by atoms with Crippen molar-refractivity contribution in [3.63, 3.8) is 0 Å². The third-order valence-electron chi connectivity index (χ3n) is 4.79. The third-order valence-corrected chi connectivity index (χ3v) is 4.79. The minimum Gasteiger partial charge on any atom is -0.361 e. The molecule has 2 N–H and O–H groups in total. The van der Waals surface area contributed by atoms with E-state index in [-0.39, 0.29) is 24.0 Å². The molecule has 0 radical (unpaired) electrons. The number of nitrogens with zero attached hydrogens (tertiary/aromatic N) is 5. The summed E-state index contributed by atoms with van der Waals surface area (Å²) in [6.45, 7) is 6.49. The number of aliphatic imine (C=N–C) groups is 1. The number of hydrogen-bond donors (Lipinski definition) is 2. The molecule has 7 nitrogen and oxygen atoms in total. The number of hydrogen-bond acceptors (Lipinski definition) is 3. The molecule has 0 saturated carbocycles. The molecule has 152 valence electrons. The fourth-order valence-corrected chi connectivity index (χ4v) is 3.28. The molecule has 2 aromatic heterocycles. The van der Waals surface area contributed by atoms with Gasteiger partial charge in [-0.1, -0.05) is 25.1 Å². The van der Waals surface area contributed by atoms with Crippen LogP contribution in [0.5, 0.6) is 0 Å². The first-order valence-electron chi connectivity index (χ1n) is 9.54.